The van der Waals surface area contributed by atoms with Gasteiger partial charge in [0.2, 0.25) is 0 Å². The second-order valence-electron chi connectivity index (χ2n) is 3.26. The molecule has 0 bridgehead atoms. The van der Waals surface area contributed by atoms with Gasteiger partial charge in [-0.3, -0.25) is 9.20 Å². The van der Waals surface area contributed by atoms with Crippen molar-refractivity contribution in [2.24, 2.45) is 0 Å². The number of rotatable bonds is 2. The van der Waals surface area contributed by atoms with Gasteiger partial charge < -0.3 is 5.11 Å². The molecule has 0 aliphatic carbocycles. The molecule has 78 valence electrons. The third-order valence-corrected chi connectivity index (χ3v) is 2.54. The number of carboxylic acids is 1. The van der Waals surface area contributed by atoms with E-state index in [0.717, 1.165) is 5.69 Å². The van der Waals surface area contributed by atoms with Gasteiger partial charge in [0.05, 0.1) is 12.1 Å². The van der Waals surface area contributed by atoms with Gasteiger partial charge in [-0.05, 0) is 19.1 Å². The van der Waals surface area contributed by atoms with Crippen molar-refractivity contribution in [3.8, 4) is 0 Å². The highest BCUT2D eigenvalue weighted by Crippen LogP contribution is 2.18. The van der Waals surface area contributed by atoms with Gasteiger partial charge in [-0.15, -0.1) is 0 Å². The summed E-state index contributed by atoms with van der Waals surface area (Å²) in [6.45, 7) is 1.81. The van der Waals surface area contributed by atoms with Crippen LogP contribution in [0.25, 0.3) is 5.65 Å². The molecule has 2 aromatic heterocycles. The molecule has 1 N–H and O–H groups in total. The number of hydrogen-bond donors (Lipinski definition) is 1. The summed E-state index contributed by atoms with van der Waals surface area (Å²) in [5.41, 5.74) is 2.00. The van der Waals surface area contributed by atoms with E-state index in [2.05, 4.69) is 4.98 Å². The largest absolute Gasteiger partial charge is 0.481 e. The average Bonchev–Trinajstić information content (AvgIpc) is 2.44. The first-order chi connectivity index (χ1) is 7.09. The summed E-state index contributed by atoms with van der Waals surface area (Å²) in [6, 6.07) is 5.33. The number of halogens is 1. The van der Waals surface area contributed by atoms with Crippen molar-refractivity contribution in [3.63, 3.8) is 0 Å². The Labute approximate surface area is 91.1 Å². The van der Waals surface area contributed by atoms with Gasteiger partial charge >= 0.3 is 5.97 Å². The molecule has 0 unspecified atom stereocenters. The lowest BCUT2D eigenvalue weighted by Crippen LogP contribution is -2.02. The summed E-state index contributed by atoms with van der Waals surface area (Å²) in [7, 11) is 0. The number of carboxylic acid groups (broad SMARTS) is 1. The molecule has 0 spiro atoms. The van der Waals surface area contributed by atoms with Crippen molar-refractivity contribution in [2.45, 2.75) is 13.3 Å². The zero-order valence-electron chi connectivity index (χ0n) is 8.07. The van der Waals surface area contributed by atoms with E-state index in [9.17, 15) is 4.79 Å². The molecule has 4 nitrogen and oxygen atoms in total. The topological polar surface area (TPSA) is 54.6 Å². The van der Waals surface area contributed by atoms with Crippen molar-refractivity contribution in [1.82, 2.24) is 9.38 Å². The Morgan fingerprint density at radius 3 is 2.93 bits per heavy atom. The fourth-order valence-corrected chi connectivity index (χ4v) is 1.84. The number of hydrogen-bond acceptors (Lipinski definition) is 2. The predicted octanol–water partition coefficient (Wildman–Crippen LogP) is 1.92. The number of nitrogens with zero attached hydrogens (tertiary/aromatic N) is 2. The molecule has 5 heteroatoms. The standard InChI is InChI=1S/C10H9ClN2O2/c1-6-7(5-10(14)15)12-9-4-2-3-8(11)13(6)9/h2-4H,5H2,1H3,(H,14,15). The van der Waals surface area contributed by atoms with Gasteiger partial charge in [0.1, 0.15) is 10.8 Å². The second-order valence-corrected chi connectivity index (χ2v) is 3.64. The number of imidazole rings is 1. The first kappa shape index (κ1) is 9.98. The van der Waals surface area contributed by atoms with E-state index in [1.165, 1.54) is 0 Å². The maximum absolute atomic E-state index is 10.6. The molecule has 0 radical (unpaired) electrons. The van der Waals surface area contributed by atoms with Crippen LogP contribution in [0.5, 0.6) is 0 Å². The molecule has 0 saturated heterocycles. The molecule has 2 heterocycles. The predicted molar refractivity (Wildman–Crippen MR) is 56.3 cm³/mol. The first-order valence-corrected chi connectivity index (χ1v) is 4.81. The summed E-state index contributed by atoms with van der Waals surface area (Å²) in [5.74, 6) is -0.891. The number of fused-ring (bicyclic) bond motifs is 1. The Hall–Kier alpha value is -1.55. The first-order valence-electron chi connectivity index (χ1n) is 4.44. The minimum atomic E-state index is -0.891. The highest BCUT2D eigenvalue weighted by Gasteiger charge is 2.12. The Bertz CT molecular complexity index is 533. The van der Waals surface area contributed by atoms with Crippen molar-refractivity contribution in [2.75, 3.05) is 0 Å². The maximum atomic E-state index is 10.6. The van der Waals surface area contributed by atoms with E-state index in [1.807, 2.05) is 6.92 Å². The van der Waals surface area contributed by atoms with Crippen molar-refractivity contribution in [3.05, 3.63) is 34.7 Å². The molecule has 0 saturated carbocycles. The molecule has 0 atom stereocenters. The summed E-state index contributed by atoms with van der Waals surface area (Å²) in [4.78, 5) is 14.8. The molecular weight excluding hydrogens is 216 g/mol. The minimum Gasteiger partial charge on any atom is -0.481 e. The van der Waals surface area contributed by atoms with Crippen molar-refractivity contribution < 1.29 is 9.90 Å². The van der Waals surface area contributed by atoms with Crippen LogP contribution in [0.1, 0.15) is 11.4 Å². The molecule has 15 heavy (non-hydrogen) atoms. The Kier molecular flexibility index (Phi) is 2.36. The molecule has 0 amide bonds. The van der Waals surface area contributed by atoms with Gasteiger partial charge in [0.25, 0.3) is 0 Å². The smallest absolute Gasteiger partial charge is 0.309 e. The summed E-state index contributed by atoms with van der Waals surface area (Å²) >= 11 is 5.99. The lowest BCUT2D eigenvalue weighted by atomic mass is 10.2. The maximum Gasteiger partial charge on any atom is 0.309 e. The van der Waals surface area contributed by atoms with E-state index < -0.39 is 5.97 Å². The quantitative estimate of drug-likeness (QED) is 0.793. The van der Waals surface area contributed by atoms with Gasteiger partial charge in [-0.25, -0.2) is 4.98 Å². The number of aliphatic carboxylic acids is 1. The lowest BCUT2D eigenvalue weighted by Gasteiger charge is -1.99. The minimum absolute atomic E-state index is 0.0795. The fourth-order valence-electron chi connectivity index (χ4n) is 1.55. The van der Waals surface area contributed by atoms with E-state index in [1.54, 1.807) is 22.6 Å². The van der Waals surface area contributed by atoms with Crippen LogP contribution in [-0.2, 0) is 11.2 Å². The third-order valence-electron chi connectivity index (χ3n) is 2.24. The third kappa shape index (κ3) is 1.68. The van der Waals surface area contributed by atoms with E-state index >= 15 is 0 Å². The summed E-state index contributed by atoms with van der Waals surface area (Å²) in [6.07, 6.45) is -0.0795. The van der Waals surface area contributed by atoms with Crippen LogP contribution in [0.4, 0.5) is 0 Å². The van der Waals surface area contributed by atoms with Crippen LogP contribution in [0.2, 0.25) is 5.15 Å². The number of aromatic nitrogens is 2. The van der Waals surface area contributed by atoms with Gasteiger partial charge in [-0.1, -0.05) is 17.7 Å². The molecule has 0 aliphatic rings. The summed E-state index contributed by atoms with van der Waals surface area (Å²) in [5, 5.41) is 9.24. The average molecular weight is 225 g/mol. The van der Waals surface area contributed by atoms with Crippen LogP contribution >= 0.6 is 11.6 Å². The monoisotopic (exact) mass is 224 g/mol. The van der Waals surface area contributed by atoms with Crippen molar-refractivity contribution in [1.29, 1.82) is 0 Å². The Morgan fingerprint density at radius 2 is 2.33 bits per heavy atom. The number of pyridine rings is 1. The second kappa shape index (κ2) is 3.55. The molecule has 0 fully saturated rings. The van der Waals surface area contributed by atoms with Gasteiger partial charge in [0, 0.05) is 5.69 Å². The molecule has 2 rings (SSSR count). The Morgan fingerprint density at radius 1 is 1.60 bits per heavy atom. The highest BCUT2D eigenvalue weighted by molar-refractivity contribution is 6.29. The van der Waals surface area contributed by atoms with Crippen LogP contribution in [0.15, 0.2) is 18.2 Å². The molecular formula is C10H9ClN2O2. The van der Waals surface area contributed by atoms with Crippen LogP contribution in [0.3, 0.4) is 0 Å². The molecule has 2 aromatic rings. The highest BCUT2D eigenvalue weighted by atomic mass is 35.5. The Balaban J connectivity index is 2.64. The van der Waals surface area contributed by atoms with Crippen molar-refractivity contribution >= 4 is 23.2 Å². The van der Waals surface area contributed by atoms with E-state index in [0.29, 0.717) is 16.5 Å². The number of carbonyl (C=O) groups is 1. The van der Waals surface area contributed by atoms with Crippen LogP contribution in [0, 0.1) is 6.92 Å². The van der Waals surface area contributed by atoms with Crippen LogP contribution in [-0.4, -0.2) is 20.5 Å². The lowest BCUT2D eigenvalue weighted by molar-refractivity contribution is -0.136. The van der Waals surface area contributed by atoms with E-state index in [4.69, 9.17) is 16.7 Å². The zero-order valence-corrected chi connectivity index (χ0v) is 8.82. The molecule has 0 aliphatic heterocycles. The molecule has 0 aromatic carbocycles. The fraction of sp³-hybridized carbons (Fsp3) is 0.200. The normalized spacial score (nSPS) is 10.8. The zero-order chi connectivity index (χ0) is 11.0. The van der Waals surface area contributed by atoms with Gasteiger partial charge in [0.15, 0.2) is 0 Å². The number of aryl methyl sites for hydroxylation is 1. The van der Waals surface area contributed by atoms with Crippen LogP contribution < -0.4 is 0 Å². The van der Waals surface area contributed by atoms with E-state index in [-0.39, 0.29) is 6.42 Å². The summed E-state index contributed by atoms with van der Waals surface area (Å²) < 4.78 is 1.74. The SMILES string of the molecule is Cc1c(CC(=O)O)nc2cccc(Cl)n12. The van der Waals surface area contributed by atoms with Gasteiger partial charge in [-0.2, -0.15) is 0 Å².